The molecule has 0 radical (unpaired) electrons. The van der Waals surface area contributed by atoms with Gasteiger partial charge in [-0.2, -0.15) is 5.10 Å². The van der Waals surface area contributed by atoms with E-state index in [4.69, 9.17) is 0 Å². The molecule has 2 aromatic carbocycles. The lowest BCUT2D eigenvalue weighted by Gasteiger charge is -2.08. The van der Waals surface area contributed by atoms with Gasteiger partial charge in [0, 0.05) is 17.3 Å². The van der Waals surface area contributed by atoms with Crippen LogP contribution in [0, 0.1) is 13.8 Å². The average molecular weight is 390 g/mol. The SMILES string of the molecule is Cc1ccc(Cn2nc(/C=C(\F)c3ccc(OC(F)(F)F)cc3)cc2C)cc1. The van der Waals surface area contributed by atoms with Crippen molar-refractivity contribution in [1.82, 2.24) is 9.78 Å². The maximum absolute atomic E-state index is 14.5. The molecule has 7 heteroatoms. The summed E-state index contributed by atoms with van der Waals surface area (Å²) in [6.07, 6.45) is -3.53. The fourth-order valence-corrected chi connectivity index (χ4v) is 2.66. The predicted octanol–water partition coefficient (Wildman–Crippen LogP) is 5.91. The van der Waals surface area contributed by atoms with Crippen molar-refractivity contribution >= 4 is 11.9 Å². The Bertz CT molecular complexity index is 971. The molecule has 0 amide bonds. The third kappa shape index (κ3) is 5.22. The van der Waals surface area contributed by atoms with Gasteiger partial charge in [0.05, 0.1) is 12.2 Å². The second-order valence-electron chi connectivity index (χ2n) is 6.42. The van der Waals surface area contributed by atoms with E-state index in [0.717, 1.165) is 23.4 Å². The Balaban J connectivity index is 1.75. The summed E-state index contributed by atoms with van der Waals surface area (Å²) >= 11 is 0. The molecule has 0 bridgehead atoms. The van der Waals surface area contributed by atoms with Crippen LogP contribution in [0.2, 0.25) is 0 Å². The van der Waals surface area contributed by atoms with Gasteiger partial charge in [-0.15, -0.1) is 13.2 Å². The molecule has 0 saturated carbocycles. The van der Waals surface area contributed by atoms with Crippen LogP contribution in [0.1, 0.15) is 28.1 Å². The van der Waals surface area contributed by atoms with Crippen LogP contribution in [-0.4, -0.2) is 16.1 Å². The molecule has 1 heterocycles. The molecule has 0 atom stereocenters. The van der Waals surface area contributed by atoms with E-state index >= 15 is 0 Å². The predicted molar refractivity (Wildman–Crippen MR) is 99.3 cm³/mol. The molecule has 28 heavy (non-hydrogen) atoms. The summed E-state index contributed by atoms with van der Waals surface area (Å²) in [4.78, 5) is 0. The quantitative estimate of drug-likeness (QED) is 0.506. The fraction of sp³-hybridized carbons (Fsp3) is 0.190. The van der Waals surface area contributed by atoms with Gasteiger partial charge in [-0.25, -0.2) is 4.39 Å². The molecule has 1 aromatic heterocycles. The number of hydrogen-bond acceptors (Lipinski definition) is 2. The van der Waals surface area contributed by atoms with Crippen LogP contribution in [0.25, 0.3) is 11.9 Å². The van der Waals surface area contributed by atoms with Crippen molar-refractivity contribution in [1.29, 1.82) is 0 Å². The van der Waals surface area contributed by atoms with Gasteiger partial charge in [-0.05, 0) is 49.7 Å². The highest BCUT2D eigenvalue weighted by Crippen LogP contribution is 2.26. The normalized spacial score (nSPS) is 12.3. The number of ether oxygens (including phenoxy) is 1. The van der Waals surface area contributed by atoms with Crippen LogP contribution in [0.15, 0.2) is 54.6 Å². The number of benzene rings is 2. The summed E-state index contributed by atoms with van der Waals surface area (Å²) in [6.45, 7) is 4.45. The van der Waals surface area contributed by atoms with Crippen LogP contribution in [0.4, 0.5) is 17.6 Å². The second kappa shape index (κ2) is 7.88. The Hall–Kier alpha value is -3.09. The zero-order valence-corrected chi connectivity index (χ0v) is 15.3. The van der Waals surface area contributed by atoms with Gasteiger partial charge >= 0.3 is 6.36 Å². The van der Waals surface area contributed by atoms with Crippen LogP contribution in [0.5, 0.6) is 5.75 Å². The van der Waals surface area contributed by atoms with Crippen molar-refractivity contribution in [3.05, 3.63) is 82.7 Å². The molecule has 0 aliphatic carbocycles. The monoisotopic (exact) mass is 390 g/mol. The minimum Gasteiger partial charge on any atom is -0.406 e. The maximum atomic E-state index is 14.5. The Morgan fingerprint density at radius 1 is 1.04 bits per heavy atom. The van der Waals surface area contributed by atoms with Gasteiger partial charge in [-0.1, -0.05) is 29.8 Å². The molecular formula is C21H18F4N2O. The van der Waals surface area contributed by atoms with Crippen molar-refractivity contribution in [3.8, 4) is 5.75 Å². The van der Waals surface area contributed by atoms with Gasteiger partial charge in [0.1, 0.15) is 11.6 Å². The van der Waals surface area contributed by atoms with Gasteiger partial charge in [-0.3, -0.25) is 4.68 Å². The molecule has 0 saturated heterocycles. The topological polar surface area (TPSA) is 27.1 Å². The first-order chi connectivity index (χ1) is 13.2. The standard InChI is InChI=1S/C21H18F4N2O/c1-14-3-5-16(6-4-14)13-27-15(2)11-18(26-27)12-20(22)17-7-9-19(10-8-17)28-21(23,24)25/h3-12H,13H2,1-2H3/b20-12-. The summed E-state index contributed by atoms with van der Waals surface area (Å²) in [7, 11) is 0. The van der Waals surface area contributed by atoms with Gasteiger partial charge in [0.15, 0.2) is 0 Å². The van der Waals surface area contributed by atoms with E-state index in [-0.39, 0.29) is 5.56 Å². The van der Waals surface area contributed by atoms with Crippen LogP contribution >= 0.6 is 0 Å². The molecule has 0 unspecified atom stereocenters. The van der Waals surface area contributed by atoms with Crippen molar-refractivity contribution in [2.75, 3.05) is 0 Å². The highest BCUT2D eigenvalue weighted by Gasteiger charge is 2.31. The minimum atomic E-state index is -4.78. The summed E-state index contributed by atoms with van der Waals surface area (Å²) in [6, 6.07) is 14.4. The number of rotatable bonds is 5. The molecule has 0 spiro atoms. The van der Waals surface area contributed by atoms with E-state index in [1.165, 1.54) is 23.8 Å². The first-order valence-corrected chi connectivity index (χ1v) is 8.53. The van der Waals surface area contributed by atoms with E-state index in [1.807, 2.05) is 38.1 Å². The fourth-order valence-electron chi connectivity index (χ4n) is 2.66. The highest BCUT2D eigenvalue weighted by molar-refractivity contribution is 5.75. The van der Waals surface area contributed by atoms with Crippen LogP contribution in [-0.2, 0) is 6.54 Å². The lowest BCUT2D eigenvalue weighted by Crippen LogP contribution is -2.16. The summed E-state index contributed by atoms with van der Waals surface area (Å²) in [5.41, 5.74) is 3.68. The Labute approximate surface area is 159 Å². The second-order valence-corrected chi connectivity index (χ2v) is 6.42. The van der Waals surface area contributed by atoms with Gasteiger partial charge < -0.3 is 4.74 Å². The third-order valence-corrected chi connectivity index (χ3v) is 4.09. The highest BCUT2D eigenvalue weighted by atomic mass is 19.4. The van der Waals surface area contributed by atoms with Gasteiger partial charge in [0.25, 0.3) is 0 Å². The van der Waals surface area contributed by atoms with Gasteiger partial charge in [0.2, 0.25) is 0 Å². The number of aromatic nitrogens is 2. The lowest BCUT2D eigenvalue weighted by molar-refractivity contribution is -0.274. The van der Waals surface area contributed by atoms with E-state index in [1.54, 1.807) is 10.7 Å². The number of aryl methyl sites for hydroxylation is 2. The number of halogens is 4. The van der Waals surface area contributed by atoms with Crippen molar-refractivity contribution in [3.63, 3.8) is 0 Å². The first-order valence-electron chi connectivity index (χ1n) is 8.53. The molecule has 0 fully saturated rings. The Kier molecular flexibility index (Phi) is 5.53. The number of alkyl halides is 3. The molecule has 0 aliphatic heterocycles. The molecule has 3 nitrogen and oxygen atoms in total. The molecule has 3 rings (SSSR count). The largest absolute Gasteiger partial charge is 0.573 e. The molecule has 0 aliphatic rings. The average Bonchev–Trinajstić information content (AvgIpc) is 2.95. The molecular weight excluding hydrogens is 372 g/mol. The summed E-state index contributed by atoms with van der Waals surface area (Å²) in [5.74, 6) is -0.999. The molecule has 0 N–H and O–H groups in total. The molecule has 146 valence electrons. The Morgan fingerprint density at radius 3 is 2.29 bits per heavy atom. The third-order valence-electron chi connectivity index (χ3n) is 4.09. The smallest absolute Gasteiger partial charge is 0.406 e. The summed E-state index contributed by atoms with van der Waals surface area (Å²) < 4.78 is 56.6. The zero-order chi connectivity index (χ0) is 20.3. The van der Waals surface area contributed by atoms with Crippen molar-refractivity contribution in [2.45, 2.75) is 26.8 Å². The first kappa shape index (κ1) is 19.7. The van der Waals surface area contributed by atoms with E-state index in [2.05, 4.69) is 9.84 Å². The number of hydrogen-bond donors (Lipinski definition) is 0. The number of nitrogens with zero attached hydrogens (tertiary/aromatic N) is 2. The minimum absolute atomic E-state index is 0.139. The van der Waals surface area contributed by atoms with E-state index in [9.17, 15) is 17.6 Å². The van der Waals surface area contributed by atoms with E-state index in [0.29, 0.717) is 12.2 Å². The summed E-state index contributed by atoms with van der Waals surface area (Å²) in [5, 5.41) is 4.39. The van der Waals surface area contributed by atoms with Crippen molar-refractivity contribution < 1.29 is 22.3 Å². The van der Waals surface area contributed by atoms with Crippen LogP contribution < -0.4 is 4.74 Å². The van der Waals surface area contributed by atoms with Crippen molar-refractivity contribution in [2.24, 2.45) is 0 Å². The van der Waals surface area contributed by atoms with E-state index < -0.39 is 17.9 Å². The van der Waals surface area contributed by atoms with Crippen LogP contribution in [0.3, 0.4) is 0 Å². The lowest BCUT2D eigenvalue weighted by atomic mass is 10.1. The Morgan fingerprint density at radius 2 is 1.68 bits per heavy atom. The molecule has 3 aromatic rings. The zero-order valence-electron chi connectivity index (χ0n) is 15.3. The maximum Gasteiger partial charge on any atom is 0.573 e.